The van der Waals surface area contributed by atoms with Gasteiger partial charge < -0.3 is 4.74 Å². The number of benzene rings is 3. The Labute approximate surface area is 190 Å². The van der Waals surface area contributed by atoms with Crippen LogP contribution in [0.15, 0.2) is 48.5 Å². The molecule has 3 aromatic carbocycles. The number of halogens is 5. The molecule has 0 N–H and O–H groups in total. The van der Waals surface area contributed by atoms with E-state index in [1.165, 1.54) is 61.7 Å². The van der Waals surface area contributed by atoms with Gasteiger partial charge in [-0.25, -0.2) is 8.78 Å². The van der Waals surface area contributed by atoms with Crippen molar-refractivity contribution < 1.29 is 26.7 Å². The summed E-state index contributed by atoms with van der Waals surface area (Å²) in [5, 5.41) is 1.05. The molecule has 1 fully saturated rings. The zero-order chi connectivity index (χ0) is 23.6. The minimum Gasteiger partial charge on any atom is -0.406 e. The van der Waals surface area contributed by atoms with Gasteiger partial charge in [0.2, 0.25) is 0 Å². The van der Waals surface area contributed by atoms with Crippen LogP contribution in [0.4, 0.5) is 22.0 Å². The van der Waals surface area contributed by atoms with E-state index in [9.17, 15) is 13.2 Å². The molecule has 0 atom stereocenters. The second-order valence-corrected chi connectivity index (χ2v) is 8.99. The lowest BCUT2D eigenvalue weighted by atomic mass is 9.77. The molecule has 0 heterocycles. The first-order chi connectivity index (χ1) is 15.7. The quantitative estimate of drug-likeness (QED) is 0.332. The summed E-state index contributed by atoms with van der Waals surface area (Å²) in [6.45, 7) is 2.19. The maximum atomic E-state index is 15.1. The molecular weight excluding hydrogens is 435 g/mol. The van der Waals surface area contributed by atoms with Crippen LogP contribution >= 0.6 is 0 Å². The van der Waals surface area contributed by atoms with Crippen molar-refractivity contribution >= 4 is 10.8 Å². The maximum absolute atomic E-state index is 15.1. The Bertz CT molecular complexity index is 1090. The molecular formula is C27H27F5O. The van der Waals surface area contributed by atoms with Crippen molar-refractivity contribution in [3.63, 3.8) is 0 Å². The van der Waals surface area contributed by atoms with E-state index in [-0.39, 0.29) is 17.2 Å². The van der Waals surface area contributed by atoms with Gasteiger partial charge in [-0.1, -0.05) is 44.4 Å². The third kappa shape index (κ3) is 5.66. The lowest BCUT2D eigenvalue weighted by Gasteiger charge is -2.29. The molecule has 1 saturated carbocycles. The van der Waals surface area contributed by atoms with E-state index in [2.05, 4.69) is 11.7 Å². The van der Waals surface area contributed by atoms with Gasteiger partial charge >= 0.3 is 6.36 Å². The van der Waals surface area contributed by atoms with Crippen molar-refractivity contribution in [1.82, 2.24) is 0 Å². The molecule has 1 aliphatic carbocycles. The van der Waals surface area contributed by atoms with Crippen LogP contribution in [0, 0.1) is 17.6 Å². The first-order valence-electron chi connectivity index (χ1n) is 11.5. The van der Waals surface area contributed by atoms with Crippen LogP contribution in [0.2, 0.25) is 0 Å². The fraction of sp³-hybridized carbons (Fsp3) is 0.407. The van der Waals surface area contributed by atoms with Gasteiger partial charge in [0.25, 0.3) is 0 Å². The fourth-order valence-corrected chi connectivity index (χ4v) is 4.96. The highest BCUT2D eigenvalue weighted by atomic mass is 19.4. The van der Waals surface area contributed by atoms with Crippen molar-refractivity contribution in [2.45, 2.75) is 64.1 Å². The van der Waals surface area contributed by atoms with Gasteiger partial charge in [0.15, 0.2) is 0 Å². The average Bonchev–Trinajstić information content (AvgIpc) is 2.76. The van der Waals surface area contributed by atoms with Crippen molar-refractivity contribution in [3.8, 4) is 16.9 Å². The molecule has 0 amide bonds. The van der Waals surface area contributed by atoms with E-state index in [0.29, 0.717) is 21.9 Å². The number of fused-ring (bicyclic) bond motifs is 1. The predicted octanol–water partition coefficient (Wildman–Crippen LogP) is 9.15. The van der Waals surface area contributed by atoms with Crippen LogP contribution in [0.1, 0.15) is 63.4 Å². The van der Waals surface area contributed by atoms with Gasteiger partial charge in [-0.2, -0.15) is 0 Å². The zero-order valence-electron chi connectivity index (χ0n) is 18.5. The highest BCUT2D eigenvalue weighted by Gasteiger charge is 2.31. The van der Waals surface area contributed by atoms with Crippen LogP contribution in [-0.4, -0.2) is 6.36 Å². The molecule has 0 spiro atoms. The van der Waals surface area contributed by atoms with Gasteiger partial charge in [0.1, 0.15) is 17.4 Å². The predicted molar refractivity (Wildman–Crippen MR) is 120 cm³/mol. The fourth-order valence-electron chi connectivity index (χ4n) is 4.96. The molecule has 0 aliphatic heterocycles. The molecule has 1 aliphatic rings. The zero-order valence-corrected chi connectivity index (χ0v) is 18.5. The summed E-state index contributed by atoms with van der Waals surface area (Å²) < 4.78 is 71.4. The van der Waals surface area contributed by atoms with Crippen LogP contribution in [0.25, 0.3) is 21.9 Å². The molecule has 176 valence electrons. The van der Waals surface area contributed by atoms with E-state index < -0.39 is 18.0 Å². The van der Waals surface area contributed by atoms with Crippen molar-refractivity contribution in [2.75, 3.05) is 0 Å². The van der Waals surface area contributed by atoms with Gasteiger partial charge in [0, 0.05) is 0 Å². The molecule has 0 radical (unpaired) electrons. The molecule has 0 aromatic heterocycles. The van der Waals surface area contributed by atoms with Crippen molar-refractivity contribution in [2.24, 2.45) is 5.92 Å². The monoisotopic (exact) mass is 462 g/mol. The molecule has 1 nitrogen and oxygen atoms in total. The highest BCUT2D eigenvalue weighted by Crippen LogP contribution is 2.40. The van der Waals surface area contributed by atoms with Crippen LogP contribution in [0.3, 0.4) is 0 Å². The largest absolute Gasteiger partial charge is 0.573 e. The van der Waals surface area contributed by atoms with E-state index in [1.807, 2.05) is 0 Å². The topological polar surface area (TPSA) is 9.23 Å². The lowest BCUT2D eigenvalue weighted by Crippen LogP contribution is -2.16. The van der Waals surface area contributed by atoms with E-state index in [4.69, 9.17) is 0 Å². The Balaban J connectivity index is 1.55. The summed E-state index contributed by atoms with van der Waals surface area (Å²) >= 11 is 0. The van der Waals surface area contributed by atoms with Crippen LogP contribution in [0.5, 0.6) is 5.75 Å². The van der Waals surface area contributed by atoms with Crippen molar-refractivity contribution in [3.05, 3.63) is 65.7 Å². The number of hydrogen-bond acceptors (Lipinski definition) is 1. The summed E-state index contributed by atoms with van der Waals surface area (Å²) in [4.78, 5) is 0. The van der Waals surface area contributed by atoms with Gasteiger partial charge in [-0.3, -0.25) is 0 Å². The standard InChI is InChI=1S/C27H27F5O/c1-2-3-4-17-5-7-18(8-6-17)22-15-24(28)26(25(29)16-22)21-10-9-20-14-23(33-27(30,31)32)12-11-19(20)13-21/h9-18H,2-8H2,1H3/t17-,18-. The summed E-state index contributed by atoms with van der Waals surface area (Å²) in [6.07, 6.45) is 2.97. The van der Waals surface area contributed by atoms with Gasteiger partial charge in [0.05, 0.1) is 5.56 Å². The minimum absolute atomic E-state index is 0.118. The Kier molecular flexibility index (Phi) is 6.91. The van der Waals surface area contributed by atoms with Crippen LogP contribution < -0.4 is 4.74 Å². The van der Waals surface area contributed by atoms with E-state index in [0.717, 1.165) is 31.6 Å². The molecule has 0 unspecified atom stereocenters. The molecule has 6 heteroatoms. The van der Waals surface area contributed by atoms with E-state index >= 15 is 8.78 Å². The normalized spacial score (nSPS) is 19.1. The summed E-state index contributed by atoms with van der Waals surface area (Å²) in [7, 11) is 0. The summed E-state index contributed by atoms with van der Waals surface area (Å²) in [5.41, 5.74) is 0.933. The number of hydrogen-bond donors (Lipinski definition) is 0. The second kappa shape index (κ2) is 9.70. The first kappa shape index (κ1) is 23.5. The number of unbranched alkanes of at least 4 members (excludes halogenated alkanes) is 1. The Hall–Kier alpha value is -2.63. The van der Waals surface area contributed by atoms with E-state index in [1.54, 1.807) is 6.07 Å². The van der Waals surface area contributed by atoms with Crippen LogP contribution in [-0.2, 0) is 0 Å². The van der Waals surface area contributed by atoms with Gasteiger partial charge in [-0.15, -0.1) is 13.2 Å². The highest BCUT2D eigenvalue weighted by molar-refractivity contribution is 5.88. The number of rotatable bonds is 6. The molecule has 4 rings (SSSR count). The Morgan fingerprint density at radius 1 is 0.848 bits per heavy atom. The first-order valence-corrected chi connectivity index (χ1v) is 11.5. The van der Waals surface area contributed by atoms with Crippen molar-refractivity contribution in [1.29, 1.82) is 0 Å². The smallest absolute Gasteiger partial charge is 0.406 e. The second-order valence-electron chi connectivity index (χ2n) is 8.99. The molecule has 0 saturated heterocycles. The SMILES string of the molecule is CCCC[C@H]1CC[C@H](c2cc(F)c(-c3ccc4cc(OC(F)(F)F)ccc4c3)c(F)c2)CC1. The summed E-state index contributed by atoms with van der Waals surface area (Å²) in [6, 6.07) is 11.4. The summed E-state index contributed by atoms with van der Waals surface area (Å²) in [5.74, 6) is -0.683. The third-order valence-electron chi connectivity index (χ3n) is 6.68. The lowest BCUT2D eigenvalue weighted by molar-refractivity contribution is -0.274. The minimum atomic E-state index is -4.78. The molecule has 33 heavy (non-hydrogen) atoms. The average molecular weight is 463 g/mol. The maximum Gasteiger partial charge on any atom is 0.573 e. The number of alkyl halides is 3. The Morgan fingerprint density at radius 3 is 2.12 bits per heavy atom. The molecule has 3 aromatic rings. The Morgan fingerprint density at radius 2 is 1.48 bits per heavy atom. The number of ether oxygens (including phenoxy) is 1. The molecule has 0 bridgehead atoms. The third-order valence-corrected chi connectivity index (χ3v) is 6.68. The van der Waals surface area contributed by atoms with Gasteiger partial charge in [-0.05, 0) is 89.8 Å².